The molecule has 0 aromatic rings. The first-order chi connectivity index (χ1) is 9.45. The molecule has 0 radical (unpaired) electrons. The van der Waals surface area contributed by atoms with Gasteiger partial charge in [0, 0.05) is 13.1 Å². The van der Waals surface area contributed by atoms with Gasteiger partial charge in [0.15, 0.2) is 0 Å². The molecule has 0 aromatic heterocycles. The van der Waals surface area contributed by atoms with E-state index >= 15 is 0 Å². The summed E-state index contributed by atoms with van der Waals surface area (Å²) < 4.78 is 0. The monoisotopic (exact) mass is 271 g/mol. The first kappa shape index (κ1) is 18.9. The molecular weight excluding hydrogens is 234 g/mol. The lowest BCUT2D eigenvalue weighted by Crippen LogP contribution is -2.31. The highest BCUT2D eigenvalue weighted by atomic mass is 15.2. The van der Waals surface area contributed by atoms with E-state index in [4.69, 9.17) is 0 Å². The van der Waals surface area contributed by atoms with E-state index in [1.54, 1.807) is 0 Å². The van der Waals surface area contributed by atoms with Crippen molar-refractivity contribution >= 4 is 0 Å². The second-order valence-corrected chi connectivity index (χ2v) is 4.85. The predicted molar refractivity (Wildman–Crippen MR) is 86.9 cm³/mol. The maximum Gasteiger partial charge on any atom is 0.0107 e. The number of nitrogens with one attached hydrogen (secondary N) is 1. The van der Waals surface area contributed by atoms with Crippen LogP contribution in [0.4, 0.5) is 0 Å². The van der Waals surface area contributed by atoms with E-state index in [9.17, 15) is 0 Å². The fourth-order valence-corrected chi connectivity index (χ4v) is 2.65. The van der Waals surface area contributed by atoms with Gasteiger partial charge in [0.05, 0.1) is 0 Å². The van der Waals surface area contributed by atoms with Crippen LogP contribution in [-0.4, -0.2) is 62.2 Å². The van der Waals surface area contributed by atoms with Crippen LogP contribution in [0.15, 0.2) is 0 Å². The molecule has 3 heteroatoms. The summed E-state index contributed by atoms with van der Waals surface area (Å²) in [7, 11) is 0. The van der Waals surface area contributed by atoms with Gasteiger partial charge in [-0.25, -0.2) is 0 Å². The lowest BCUT2D eigenvalue weighted by molar-refractivity contribution is 0.257. The maximum absolute atomic E-state index is 3.46. The third kappa shape index (κ3) is 9.42. The van der Waals surface area contributed by atoms with Crippen LogP contribution in [0, 0.1) is 0 Å². The maximum atomic E-state index is 3.46. The van der Waals surface area contributed by atoms with Crippen molar-refractivity contribution < 1.29 is 0 Å². The van der Waals surface area contributed by atoms with Crippen molar-refractivity contribution in [2.24, 2.45) is 0 Å². The molecular formula is C16H37N3. The molecule has 0 aromatic carbocycles. The van der Waals surface area contributed by atoms with Crippen LogP contribution in [0.5, 0.6) is 0 Å². The highest BCUT2D eigenvalue weighted by Crippen LogP contribution is 2.07. The van der Waals surface area contributed by atoms with Crippen molar-refractivity contribution in [3.8, 4) is 0 Å². The SMILES string of the molecule is C1CCN(CCCN2CCCNCC2)C1.CC.CC. The minimum Gasteiger partial charge on any atom is -0.315 e. The zero-order valence-electron chi connectivity index (χ0n) is 13.9. The zero-order valence-corrected chi connectivity index (χ0v) is 13.9. The second-order valence-electron chi connectivity index (χ2n) is 4.85. The predicted octanol–water partition coefficient (Wildman–Crippen LogP) is 2.82. The Morgan fingerprint density at radius 1 is 0.684 bits per heavy atom. The van der Waals surface area contributed by atoms with Gasteiger partial charge in [-0.1, -0.05) is 27.7 Å². The Bertz CT molecular complexity index is 159. The number of rotatable bonds is 4. The molecule has 0 spiro atoms. The van der Waals surface area contributed by atoms with Gasteiger partial charge < -0.3 is 15.1 Å². The van der Waals surface area contributed by atoms with E-state index in [0.29, 0.717) is 0 Å². The zero-order chi connectivity index (χ0) is 14.3. The summed E-state index contributed by atoms with van der Waals surface area (Å²) in [4.78, 5) is 5.24. The Hall–Kier alpha value is -0.120. The van der Waals surface area contributed by atoms with Gasteiger partial charge >= 0.3 is 0 Å². The Morgan fingerprint density at radius 3 is 1.84 bits per heavy atom. The van der Waals surface area contributed by atoms with Crippen molar-refractivity contribution in [3.63, 3.8) is 0 Å². The van der Waals surface area contributed by atoms with Crippen molar-refractivity contribution in [3.05, 3.63) is 0 Å². The normalized spacial score (nSPS) is 20.8. The molecule has 19 heavy (non-hydrogen) atoms. The molecule has 2 aliphatic heterocycles. The smallest absolute Gasteiger partial charge is 0.0107 e. The molecule has 1 N–H and O–H groups in total. The van der Waals surface area contributed by atoms with Crippen LogP contribution in [0.25, 0.3) is 0 Å². The highest BCUT2D eigenvalue weighted by molar-refractivity contribution is 4.69. The Balaban J connectivity index is 0.000000741. The minimum absolute atomic E-state index is 1.18. The van der Waals surface area contributed by atoms with Crippen molar-refractivity contribution in [1.29, 1.82) is 0 Å². The summed E-state index contributed by atoms with van der Waals surface area (Å²) in [5.74, 6) is 0. The molecule has 0 bridgehead atoms. The average Bonchev–Trinajstić information content (AvgIpc) is 2.86. The van der Waals surface area contributed by atoms with Gasteiger partial charge in [-0.15, -0.1) is 0 Å². The van der Waals surface area contributed by atoms with Gasteiger partial charge in [-0.3, -0.25) is 0 Å². The summed E-state index contributed by atoms with van der Waals surface area (Å²) in [6.07, 6.45) is 5.53. The first-order valence-electron chi connectivity index (χ1n) is 8.60. The van der Waals surface area contributed by atoms with Gasteiger partial charge in [0.25, 0.3) is 0 Å². The molecule has 116 valence electrons. The molecule has 0 atom stereocenters. The first-order valence-corrected chi connectivity index (χ1v) is 8.60. The van der Waals surface area contributed by atoms with Crippen LogP contribution in [0.3, 0.4) is 0 Å². The van der Waals surface area contributed by atoms with Crippen LogP contribution in [0.1, 0.15) is 53.4 Å². The highest BCUT2D eigenvalue weighted by Gasteiger charge is 2.12. The molecule has 2 fully saturated rings. The summed E-state index contributed by atoms with van der Waals surface area (Å²) >= 11 is 0. The third-order valence-corrected chi connectivity index (χ3v) is 3.58. The lowest BCUT2D eigenvalue weighted by atomic mass is 10.3. The number of hydrogen-bond acceptors (Lipinski definition) is 3. The molecule has 0 saturated carbocycles. The third-order valence-electron chi connectivity index (χ3n) is 3.58. The molecule has 3 nitrogen and oxygen atoms in total. The van der Waals surface area contributed by atoms with Gasteiger partial charge in [-0.2, -0.15) is 0 Å². The van der Waals surface area contributed by atoms with Crippen LogP contribution < -0.4 is 5.32 Å². The number of hydrogen-bond donors (Lipinski definition) is 1. The number of likely N-dealkylation sites (tertiary alicyclic amines) is 1. The Kier molecular flexibility index (Phi) is 14.2. The van der Waals surface area contributed by atoms with E-state index in [-0.39, 0.29) is 0 Å². The summed E-state index contributed by atoms with van der Waals surface area (Å²) in [5.41, 5.74) is 0. The van der Waals surface area contributed by atoms with E-state index < -0.39 is 0 Å². The van der Waals surface area contributed by atoms with Crippen LogP contribution >= 0.6 is 0 Å². The topological polar surface area (TPSA) is 18.5 Å². The van der Waals surface area contributed by atoms with E-state index in [1.165, 1.54) is 78.0 Å². The molecule has 2 aliphatic rings. The van der Waals surface area contributed by atoms with E-state index in [1.807, 2.05) is 27.7 Å². The molecule has 0 aliphatic carbocycles. The van der Waals surface area contributed by atoms with Crippen molar-refractivity contribution in [2.45, 2.75) is 53.4 Å². The average molecular weight is 271 g/mol. The van der Waals surface area contributed by atoms with Crippen LogP contribution in [-0.2, 0) is 0 Å². The van der Waals surface area contributed by atoms with Gasteiger partial charge in [-0.05, 0) is 65.0 Å². The summed E-state index contributed by atoms with van der Waals surface area (Å²) in [6, 6.07) is 0. The molecule has 2 saturated heterocycles. The largest absolute Gasteiger partial charge is 0.315 e. The van der Waals surface area contributed by atoms with Gasteiger partial charge in [0.1, 0.15) is 0 Å². The Morgan fingerprint density at radius 2 is 1.21 bits per heavy atom. The summed E-state index contributed by atoms with van der Waals surface area (Å²) in [6.45, 7) is 18.3. The van der Waals surface area contributed by atoms with E-state index in [2.05, 4.69) is 15.1 Å². The van der Waals surface area contributed by atoms with Crippen molar-refractivity contribution in [2.75, 3.05) is 52.4 Å². The fraction of sp³-hybridized carbons (Fsp3) is 1.00. The van der Waals surface area contributed by atoms with E-state index in [0.717, 1.165) is 0 Å². The second kappa shape index (κ2) is 14.3. The quantitative estimate of drug-likeness (QED) is 0.848. The standard InChI is InChI=1S/C12H25N3.2C2H6/c1-2-8-14(7-1)10-4-11-15-9-3-5-13-6-12-15;2*1-2/h13H,1-12H2;2*1-2H3. The van der Waals surface area contributed by atoms with Crippen molar-refractivity contribution in [1.82, 2.24) is 15.1 Å². The molecule has 0 unspecified atom stereocenters. The fourth-order valence-electron chi connectivity index (χ4n) is 2.65. The molecule has 0 amide bonds. The Labute approximate surface area is 121 Å². The lowest BCUT2D eigenvalue weighted by Gasteiger charge is -2.21. The molecule has 2 rings (SSSR count). The summed E-state index contributed by atoms with van der Waals surface area (Å²) in [5, 5.41) is 3.46. The van der Waals surface area contributed by atoms with Gasteiger partial charge in [0.2, 0.25) is 0 Å². The minimum atomic E-state index is 1.18. The van der Waals surface area contributed by atoms with Crippen LogP contribution in [0.2, 0.25) is 0 Å². The number of nitrogens with zero attached hydrogens (tertiary/aromatic N) is 2. The molecule has 2 heterocycles.